The molecule has 0 fully saturated rings. The summed E-state index contributed by atoms with van der Waals surface area (Å²) in [6, 6.07) is 6.80. The monoisotopic (exact) mass is 328 g/mol. The topological polar surface area (TPSA) is 85.2 Å². The third kappa shape index (κ3) is 2.84. The Hall–Kier alpha value is -2.83. The number of ether oxygens (including phenoxy) is 1. The van der Waals surface area contributed by atoms with Gasteiger partial charge in [0.25, 0.3) is 5.91 Å². The summed E-state index contributed by atoms with van der Waals surface area (Å²) in [6.45, 7) is 5.29. The predicted molar refractivity (Wildman–Crippen MR) is 89.1 cm³/mol. The highest BCUT2D eigenvalue weighted by molar-refractivity contribution is 6.00. The van der Waals surface area contributed by atoms with Crippen LogP contribution in [0, 0.1) is 6.92 Å². The van der Waals surface area contributed by atoms with Crippen molar-refractivity contribution >= 4 is 17.7 Å². The number of amides is 1. The molecule has 1 aromatic heterocycles. The normalized spacial score (nSPS) is 13.8. The highest BCUT2D eigenvalue weighted by Gasteiger charge is 2.25. The van der Waals surface area contributed by atoms with Gasteiger partial charge in [-0.05, 0) is 31.5 Å². The minimum absolute atomic E-state index is 0.160. The van der Waals surface area contributed by atoms with Gasteiger partial charge in [0.2, 0.25) is 0 Å². The first-order chi connectivity index (χ1) is 11.5. The molecule has 0 bridgehead atoms. The molecular formula is C17H20N4O3. The number of nitrogens with zero attached hydrogens (tertiary/aromatic N) is 2. The lowest BCUT2D eigenvalue weighted by Gasteiger charge is -2.15. The van der Waals surface area contributed by atoms with Crippen LogP contribution in [0.15, 0.2) is 24.3 Å². The summed E-state index contributed by atoms with van der Waals surface area (Å²) in [5, 5.41) is 10.6. The molecule has 1 aromatic carbocycles. The molecule has 0 radical (unpaired) electrons. The standard InChI is InChI=1S/C17H20N4O3/c1-10(12-4-6-13(7-5-12)17(23)24-3)19-16(22)14-11(2)20-21-9-8-18-15(14)21/h4-7,10,18H,8-9H2,1-3H3,(H,19,22)/t10-/m0/s1. The number of carbonyl (C=O) groups is 2. The van der Waals surface area contributed by atoms with Crippen molar-refractivity contribution in [2.75, 3.05) is 19.0 Å². The van der Waals surface area contributed by atoms with Gasteiger partial charge in [-0.15, -0.1) is 0 Å². The molecule has 0 saturated heterocycles. The first-order valence-corrected chi connectivity index (χ1v) is 7.81. The minimum Gasteiger partial charge on any atom is -0.465 e. The van der Waals surface area contributed by atoms with Crippen LogP contribution in [-0.4, -0.2) is 35.3 Å². The highest BCUT2D eigenvalue weighted by Crippen LogP contribution is 2.24. The quantitative estimate of drug-likeness (QED) is 0.837. The van der Waals surface area contributed by atoms with Gasteiger partial charge in [-0.25, -0.2) is 9.48 Å². The second kappa shape index (κ2) is 6.35. The van der Waals surface area contributed by atoms with Crippen molar-refractivity contribution in [2.24, 2.45) is 0 Å². The SMILES string of the molecule is COC(=O)c1ccc([C@H](C)NC(=O)c2c(C)nn3c2NCC3)cc1. The van der Waals surface area contributed by atoms with Crippen LogP contribution in [0.4, 0.5) is 5.82 Å². The number of hydrogen-bond acceptors (Lipinski definition) is 5. The molecule has 2 N–H and O–H groups in total. The Labute approximate surface area is 140 Å². The Kier molecular flexibility index (Phi) is 4.24. The van der Waals surface area contributed by atoms with Crippen LogP contribution < -0.4 is 10.6 Å². The number of aryl methyl sites for hydroxylation is 1. The number of methoxy groups -OCH3 is 1. The zero-order chi connectivity index (χ0) is 17.3. The van der Waals surface area contributed by atoms with E-state index < -0.39 is 0 Å². The first kappa shape index (κ1) is 16.0. The molecule has 3 rings (SSSR count). The van der Waals surface area contributed by atoms with Gasteiger partial charge < -0.3 is 15.4 Å². The first-order valence-electron chi connectivity index (χ1n) is 7.81. The van der Waals surface area contributed by atoms with E-state index in [1.807, 2.05) is 30.7 Å². The van der Waals surface area contributed by atoms with Crippen LogP contribution in [0.3, 0.4) is 0 Å². The number of benzene rings is 1. The van der Waals surface area contributed by atoms with Gasteiger partial charge in [-0.3, -0.25) is 4.79 Å². The summed E-state index contributed by atoms with van der Waals surface area (Å²) in [5.41, 5.74) is 2.69. The summed E-state index contributed by atoms with van der Waals surface area (Å²) in [7, 11) is 1.35. The van der Waals surface area contributed by atoms with Crippen LogP contribution in [0.25, 0.3) is 0 Å². The Morgan fingerprint density at radius 2 is 2.04 bits per heavy atom. The van der Waals surface area contributed by atoms with E-state index in [0.717, 1.165) is 24.5 Å². The molecule has 7 nitrogen and oxygen atoms in total. The Morgan fingerprint density at radius 1 is 1.33 bits per heavy atom. The molecule has 0 unspecified atom stereocenters. The summed E-state index contributed by atoms with van der Waals surface area (Å²) in [6.07, 6.45) is 0. The zero-order valence-electron chi connectivity index (χ0n) is 13.9. The number of rotatable bonds is 4. The Morgan fingerprint density at radius 3 is 2.71 bits per heavy atom. The van der Waals surface area contributed by atoms with Gasteiger partial charge in [0.1, 0.15) is 11.4 Å². The lowest BCUT2D eigenvalue weighted by atomic mass is 10.1. The smallest absolute Gasteiger partial charge is 0.337 e. The molecule has 2 heterocycles. The van der Waals surface area contributed by atoms with Gasteiger partial charge in [-0.1, -0.05) is 12.1 Å². The van der Waals surface area contributed by atoms with E-state index in [-0.39, 0.29) is 17.9 Å². The van der Waals surface area contributed by atoms with Crippen LogP contribution in [-0.2, 0) is 11.3 Å². The fraction of sp³-hybridized carbons (Fsp3) is 0.353. The average Bonchev–Trinajstić information content (AvgIpc) is 3.13. The van der Waals surface area contributed by atoms with E-state index in [2.05, 4.69) is 20.5 Å². The molecule has 1 atom stereocenters. The maximum absolute atomic E-state index is 12.6. The number of nitrogens with one attached hydrogen (secondary N) is 2. The van der Waals surface area contributed by atoms with Gasteiger partial charge in [0.15, 0.2) is 0 Å². The van der Waals surface area contributed by atoms with Crippen LogP contribution >= 0.6 is 0 Å². The van der Waals surface area contributed by atoms with E-state index in [4.69, 9.17) is 0 Å². The molecule has 1 aliphatic heterocycles. The lowest BCUT2D eigenvalue weighted by molar-refractivity contribution is 0.0600. The van der Waals surface area contributed by atoms with Gasteiger partial charge in [0.05, 0.1) is 31.0 Å². The lowest BCUT2D eigenvalue weighted by Crippen LogP contribution is -2.27. The third-order valence-electron chi connectivity index (χ3n) is 4.15. The fourth-order valence-corrected chi connectivity index (χ4v) is 2.85. The van der Waals surface area contributed by atoms with Gasteiger partial charge in [-0.2, -0.15) is 5.10 Å². The van der Waals surface area contributed by atoms with E-state index >= 15 is 0 Å². The van der Waals surface area contributed by atoms with Crippen molar-refractivity contribution in [1.82, 2.24) is 15.1 Å². The number of hydrogen-bond donors (Lipinski definition) is 2. The highest BCUT2D eigenvalue weighted by atomic mass is 16.5. The average molecular weight is 328 g/mol. The van der Waals surface area contributed by atoms with E-state index in [9.17, 15) is 9.59 Å². The number of carbonyl (C=O) groups excluding carboxylic acids is 2. The molecule has 0 aliphatic carbocycles. The number of fused-ring (bicyclic) bond motifs is 1. The molecule has 0 spiro atoms. The summed E-state index contributed by atoms with van der Waals surface area (Å²) < 4.78 is 6.50. The minimum atomic E-state index is -0.379. The maximum atomic E-state index is 12.6. The summed E-state index contributed by atoms with van der Waals surface area (Å²) in [4.78, 5) is 24.1. The second-order valence-corrected chi connectivity index (χ2v) is 5.77. The molecule has 1 aliphatic rings. The van der Waals surface area contributed by atoms with Crippen LogP contribution in [0.1, 0.15) is 44.9 Å². The zero-order valence-corrected chi connectivity index (χ0v) is 13.9. The molecule has 0 saturated carbocycles. The second-order valence-electron chi connectivity index (χ2n) is 5.77. The summed E-state index contributed by atoms with van der Waals surface area (Å²) >= 11 is 0. The number of esters is 1. The molecule has 126 valence electrons. The molecule has 2 aromatic rings. The van der Waals surface area contributed by atoms with E-state index in [0.29, 0.717) is 16.8 Å². The van der Waals surface area contributed by atoms with Crippen molar-refractivity contribution in [1.29, 1.82) is 0 Å². The third-order valence-corrected chi connectivity index (χ3v) is 4.15. The number of anilines is 1. The molecular weight excluding hydrogens is 308 g/mol. The van der Waals surface area contributed by atoms with Crippen molar-refractivity contribution in [3.63, 3.8) is 0 Å². The van der Waals surface area contributed by atoms with E-state index in [1.165, 1.54) is 7.11 Å². The Bertz CT molecular complexity index is 780. The van der Waals surface area contributed by atoms with Crippen molar-refractivity contribution in [3.8, 4) is 0 Å². The van der Waals surface area contributed by atoms with Crippen LogP contribution in [0.5, 0.6) is 0 Å². The van der Waals surface area contributed by atoms with Crippen LogP contribution in [0.2, 0.25) is 0 Å². The predicted octanol–water partition coefficient (Wildman–Crippen LogP) is 1.89. The Balaban J connectivity index is 1.74. The molecule has 24 heavy (non-hydrogen) atoms. The number of aromatic nitrogens is 2. The van der Waals surface area contributed by atoms with Crippen molar-refractivity contribution < 1.29 is 14.3 Å². The molecule has 1 amide bonds. The molecule has 7 heteroatoms. The van der Waals surface area contributed by atoms with E-state index in [1.54, 1.807) is 12.1 Å². The van der Waals surface area contributed by atoms with Crippen molar-refractivity contribution in [2.45, 2.75) is 26.4 Å². The summed E-state index contributed by atoms with van der Waals surface area (Å²) in [5.74, 6) is 0.237. The van der Waals surface area contributed by atoms with Gasteiger partial charge >= 0.3 is 5.97 Å². The fourth-order valence-electron chi connectivity index (χ4n) is 2.85. The van der Waals surface area contributed by atoms with Gasteiger partial charge in [0, 0.05) is 6.54 Å². The van der Waals surface area contributed by atoms with Crippen molar-refractivity contribution in [3.05, 3.63) is 46.6 Å². The largest absolute Gasteiger partial charge is 0.465 e. The maximum Gasteiger partial charge on any atom is 0.337 e.